The van der Waals surface area contributed by atoms with E-state index in [9.17, 15) is 13.2 Å². The zero-order valence-electron chi connectivity index (χ0n) is 18.2. The van der Waals surface area contributed by atoms with E-state index in [0.29, 0.717) is 29.5 Å². The number of carbonyl (C=O) groups is 1. The van der Waals surface area contributed by atoms with Gasteiger partial charge >= 0.3 is 0 Å². The van der Waals surface area contributed by atoms with Crippen LogP contribution in [0.4, 0.5) is 11.4 Å². The summed E-state index contributed by atoms with van der Waals surface area (Å²) < 4.78 is 38.9. The lowest BCUT2D eigenvalue weighted by atomic mass is 10.2. The lowest BCUT2D eigenvalue weighted by molar-refractivity contribution is -0.122. The number of sulfonamides is 1. The molecular formula is C24H26N2O5S. The Bertz CT molecular complexity index is 1160. The number of aryl methyl sites for hydroxylation is 1. The van der Waals surface area contributed by atoms with Crippen LogP contribution in [0.15, 0.2) is 77.7 Å². The number of carbonyl (C=O) groups excluding carboxylic acids is 1. The van der Waals surface area contributed by atoms with Crippen LogP contribution in [0.3, 0.4) is 0 Å². The molecule has 168 valence electrons. The van der Waals surface area contributed by atoms with Gasteiger partial charge in [0, 0.05) is 11.4 Å². The molecule has 3 rings (SSSR count). The molecule has 0 bridgehead atoms. The minimum Gasteiger partial charge on any atom is -0.494 e. The fourth-order valence-corrected chi connectivity index (χ4v) is 3.95. The smallest absolute Gasteiger partial charge is 0.265 e. The third-order valence-corrected chi connectivity index (χ3v) is 6.01. The Morgan fingerprint density at radius 2 is 1.56 bits per heavy atom. The summed E-state index contributed by atoms with van der Waals surface area (Å²) in [5.41, 5.74) is 1.82. The average molecular weight is 455 g/mol. The zero-order chi connectivity index (χ0) is 23.1. The number of amides is 1. The van der Waals surface area contributed by atoms with Crippen molar-refractivity contribution in [1.29, 1.82) is 0 Å². The van der Waals surface area contributed by atoms with Crippen LogP contribution in [0.25, 0.3) is 0 Å². The quantitative estimate of drug-likeness (QED) is 0.493. The molecule has 0 heterocycles. The van der Waals surface area contributed by atoms with E-state index in [2.05, 4.69) is 10.0 Å². The number of para-hydroxylation sites is 1. The van der Waals surface area contributed by atoms with Crippen LogP contribution in [0.2, 0.25) is 0 Å². The fraction of sp³-hybridized carbons (Fsp3) is 0.208. The molecule has 3 aromatic carbocycles. The van der Waals surface area contributed by atoms with Crippen molar-refractivity contribution >= 4 is 27.3 Å². The Kier molecular flexibility index (Phi) is 7.37. The average Bonchev–Trinajstić information content (AvgIpc) is 2.77. The van der Waals surface area contributed by atoms with E-state index < -0.39 is 16.1 Å². The molecule has 0 radical (unpaired) electrons. The molecule has 1 amide bonds. The number of hydrogen-bond acceptors (Lipinski definition) is 5. The predicted molar refractivity (Wildman–Crippen MR) is 125 cm³/mol. The molecule has 0 aliphatic rings. The van der Waals surface area contributed by atoms with E-state index >= 15 is 0 Å². The van der Waals surface area contributed by atoms with Crippen molar-refractivity contribution in [2.45, 2.75) is 31.8 Å². The Balaban J connectivity index is 1.62. The summed E-state index contributed by atoms with van der Waals surface area (Å²) in [6, 6.07) is 20.0. The highest BCUT2D eigenvalue weighted by molar-refractivity contribution is 7.92. The third kappa shape index (κ3) is 6.01. The van der Waals surface area contributed by atoms with Crippen molar-refractivity contribution in [2.24, 2.45) is 0 Å². The molecule has 0 aromatic heterocycles. The highest BCUT2D eigenvalue weighted by Gasteiger charge is 2.17. The SMILES string of the molecule is CCOc1ccc(NS(=O)(=O)c2ccc(NC(=O)C(C)Oc3ccccc3C)cc2)cc1. The molecule has 1 atom stereocenters. The van der Waals surface area contributed by atoms with Crippen LogP contribution in [-0.4, -0.2) is 27.0 Å². The van der Waals surface area contributed by atoms with Gasteiger partial charge in [0.05, 0.1) is 11.5 Å². The van der Waals surface area contributed by atoms with Crippen LogP contribution in [0, 0.1) is 6.92 Å². The summed E-state index contributed by atoms with van der Waals surface area (Å²) in [6.45, 7) is 5.97. The molecule has 3 aromatic rings. The summed E-state index contributed by atoms with van der Waals surface area (Å²) in [4.78, 5) is 12.5. The van der Waals surface area contributed by atoms with Gasteiger partial charge in [-0.2, -0.15) is 0 Å². The van der Waals surface area contributed by atoms with Gasteiger partial charge in [0.25, 0.3) is 15.9 Å². The number of hydrogen-bond donors (Lipinski definition) is 2. The first kappa shape index (κ1) is 23.1. The maximum atomic E-state index is 12.6. The van der Waals surface area contributed by atoms with Crippen molar-refractivity contribution < 1.29 is 22.7 Å². The molecule has 0 saturated heterocycles. The third-order valence-electron chi connectivity index (χ3n) is 4.62. The molecule has 1 unspecified atom stereocenters. The molecular weight excluding hydrogens is 428 g/mol. The number of rotatable bonds is 9. The van der Waals surface area contributed by atoms with E-state index in [1.54, 1.807) is 37.3 Å². The standard InChI is InChI=1S/C24H26N2O5S/c1-4-30-21-13-9-20(10-14-21)26-32(28,29)22-15-11-19(12-16-22)25-24(27)18(3)31-23-8-6-5-7-17(23)2/h5-16,18,26H,4H2,1-3H3,(H,25,27). The second-order valence-corrected chi connectivity index (χ2v) is 8.78. The minimum atomic E-state index is -3.77. The number of anilines is 2. The maximum absolute atomic E-state index is 12.6. The summed E-state index contributed by atoms with van der Waals surface area (Å²) >= 11 is 0. The lowest BCUT2D eigenvalue weighted by Gasteiger charge is -2.16. The summed E-state index contributed by atoms with van der Waals surface area (Å²) in [7, 11) is -3.77. The molecule has 8 heteroatoms. The molecule has 0 aliphatic heterocycles. The van der Waals surface area contributed by atoms with Gasteiger partial charge in [0.1, 0.15) is 11.5 Å². The second-order valence-electron chi connectivity index (χ2n) is 7.10. The first-order valence-electron chi connectivity index (χ1n) is 10.2. The number of ether oxygens (including phenoxy) is 2. The number of nitrogens with one attached hydrogen (secondary N) is 2. The van der Waals surface area contributed by atoms with E-state index in [1.165, 1.54) is 24.3 Å². The highest BCUT2D eigenvalue weighted by Crippen LogP contribution is 2.22. The van der Waals surface area contributed by atoms with Crippen molar-refractivity contribution in [3.63, 3.8) is 0 Å². The molecule has 2 N–H and O–H groups in total. The molecule has 0 spiro atoms. The van der Waals surface area contributed by atoms with Gasteiger partial charge in [0.2, 0.25) is 0 Å². The zero-order valence-corrected chi connectivity index (χ0v) is 19.0. The summed E-state index contributed by atoms with van der Waals surface area (Å²) in [6.07, 6.45) is -0.721. The topological polar surface area (TPSA) is 93.7 Å². The van der Waals surface area contributed by atoms with Gasteiger partial charge in [-0.15, -0.1) is 0 Å². The van der Waals surface area contributed by atoms with Gasteiger partial charge in [-0.25, -0.2) is 8.42 Å². The van der Waals surface area contributed by atoms with Crippen molar-refractivity contribution in [1.82, 2.24) is 0 Å². The Hall–Kier alpha value is -3.52. The van der Waals surface area contributed by atoms with Gasteiger partial charge in [-0.1, -0.05) is 18.2 Å². The van der Waals surface area contributed by atoms with Gasteiger partial charge < -0.3 is 14.8 Å². The van der Waals surface area contributed by atoms with E-state index in [-0.39, 0.29) is 10.8 Å². The molecule has 0 aliphatic carbocycles. The van der Waals surface area contributed by atoms with E-state index in [4.69, 9.17) is 9.47 Å². The first-order chi connectivity index (χ1) is 15.3. The van der Waals surface area contributed by atoms with Crippen molar-refractivity contribution in [2.75, 3.05) is 16.6 Å². The molecule has 0 saturated carbocycles. The number of benzene rings is 3. The molecule has 32 heavy (non-hydrogen) atoms. The van der Waals surface area contributed by atoms with Crippen molar-refractivity contribution in [3.05, 3.63) is 78.4 Å². The molecule has 0 fully saturated rings. The van der Waals surface area contributed by atoms with E-state index in [1.807, 2.05) is 32.0 Å². The summed E-state index contributed by atoms with van der Waals surface area (Å²) in [5.74, 6) is 0.963. The van der Waals surface area contributed by atoms with Gasteiger partial charge in [-0.3, -0.25) is 9.52 Å². The minimum absolute atomic E-state index is 0.0774. The monoisotopic (exact) mass is 454 g/mol. The normalized spacial score (nSPS) is 12.0. The second kappa shape index (κ2) is 10.2. The van der Waals surface area contributed by atoms with Gasteiger partial charge in [-0.05, 0) is 80.9 Å². The van der Waals surface area contributed by atoms with Crippen LogP contribution in [0.1, 0.15) is 19.4 Å². The van der Waals surface area contributed by atoms with Gasteiger partial charge in [0.15, 0.2) is 6.10 Å². The van der Waals surface area contributed by atoms with Crippen LogP contribution in [-0.2, 0) is 14.8 Å². The van der Waals surface area contributed by atoms with E-state index in [0.717, 1.165) is 5.56 Å². The summed E-state index contributed by atoms with van der Waals surface area (Å²) in [5, 5.41) is 2.73. The van der Waals surface area contributed by atoms with Crippen LogP contribution < -0.4 is 19.5 Å². The Morgan fingerprint density at radius 1 is 0.938 bits per heavy atom. The Morgan fingerprint density at radius 3 is 2.19 bits per heavy atom. The van der Waals surface area contributed by atoms with Crippen molar-refractivity contribution in [3.8, 4) is 11.5 Å². The van der Waals surface area contributed by atoms with Crippen LogP contribution in [0.5, 0.6) is 11.5 Å². The predicted octanol–water partition coefficient (Wildman–Crippen LogP) is 4.60. The lowest BCUT2D eigenvalue weighted by Crippen LogP contribution is -2.30. The Labute approximate surface area is 188 Å². The first-order valence-corrected chi connectivity index (χ1v) is 11.7. The molecule has 7 nitrogen and oxygen atoms in total. The highest BCUT2D eigenvalue weighted by atomic mass is 32.2. The van der Waals surface area contributed by atoms with Crippen LogP contribution >= 0.6 is 0 Å². The fourth-order valence-electron chi connectivity index (χ4n) is 2.89. The maximum Gasteiger partial charge on any atom is 0.265 e. The largest absolute Gasteiger partial charge is 0.494 e.